The lowest BCUT2D eigenvalue weighted by molar-refractivity contribution is 0.515. The standard InChI is InChI=1S/C25H19N.2C13H13OP.6C2H6/c1-17-18-9-2-5-12-21(18)25(22-13-6-3-10-19(17)22)23-14-7-4-11-20(23)24-15-8-16-26(24)25;2*1-15(14,12-8-4-2-5-9-12)13-10-6-3-7-11-13;6*1-2/h2-17H,1H3;2*2-11H,1H3;6*1-2H3. The molecule has 0 atom stereocenters. The van der Waals surface area contributed by atoms with Gasteiger partial charge in [-0.3, -0.25) is 0 Å². The predicted molar refractivity (Wildman–Crippen MR) is 305 cm³/mol. The summed E-state index contributed by atoms with van der Waals surface area (Å²) in [6, 6.07) is 69.9. The van der Waals surface area contributed by atoms with Crippen LogP contribution >= 0.6 is 14.3 Å². The van der Waals surface area contributed by atoms with Gasteiger partial charge in [0.05, 0.1) is 0 Å². The van der Waals surface area contributed by atoms with E-state index in [0.717, 1.165) is 21.2 Å². The minimum atomic E-state index is -2.40. The van der Waals surface area contributed by atoms with Gasteiger partial charge in [-0.2, -0.15) is 0 Å². The third-order valence-corrected chi connectivity index (χ3v) is 16.5. The minimum Gasteiger partial charge on any atom is -0.329 e. The summed E-state index contributed by atoms with van der Waals surface area (Å²) in [5, 5.41) is 3.65. The van der Waals surface area contributed by atoms with E-state index < -0.39 is 14.3 Å². The zero-order valence-electron chi connectivity index (χ0n) is 43.9. The first kappa shape index (κ1) is 58.4. The van der Waals surface area contributed by atoms with Gasteiger partial charge >= 0.3 is 0 Å². The van der Waals surface area contributed by atoms with Crippen molar-refractivity contribution in [3.8, 4) is 11.3 Å². The molecule has 7 aromatic carbocycles. The van der Waals surface area contributed by atoms with Crippen LogP contribution in [0.25, 0.3) is 11.3 Å². The van der Waals surface area contributed by atoms with Crippen LogP contribution in [0.2, 0.25) is 0 Å². The lowest BCUT2D eigenvalue weighted by Crippen LogP contribution is -2.39. The van der Waals surface area contributed by atoms with E-state index >= 15 is 0 Å². The molecule has 10 rings (SSSR count). The molecule has 0 amide bonds. The van der Waals surface area contributed by atoms with Crippen LogP contribution in [0.4, 0.5) is 0 Å². The normalized spacial score (nSPS) is 13.8. The molecule has 0 bridgehead atoms. The number of aromatic nitrogens is 1. The van der Waals surface area contributed by atoms with Crippen LogP contribution in [0.3, 0.4) is 0 Å². The molecule has 360 valence electrons. The van der Waals surface area contributed by atoms with Gasteiger partial charge in [-0.05, 0) is 53.3 Å². The van der Waals surface area contributed by atoms with Crippen molar-refractivity contribution in [2.24, 2.45) is 0 Å². The predicted octanol–water partition coefficient (Wildman–Crippen LogP) is 17.2. The van der Waals surface area contributed by atoms with Crippen LogP contribution in [0.15, 0.2) is 212 Å². The molecule has 3 nitrogen and oxygen atoms in total. The maximum atomic E-state index is 12.6. The Bertz CT molecular complexity index is 2460. The lowest BCUT2D eigenvalue weighted by atomic mass is 9.66. The Hall–Kier alpha value is -5.72. The summed E-state index contributed by atoms with van der Waals surface area (Å²) in [5.41, 5.74) is 9.46. The average Bonchev–Trinajstić information content (AvgIpc) is 4.04. The Morgan fingerprint density at radius 3 is 0.971 bits per heavy atom. The molecule has 1 aliphatic carbocycles. The number of fused-ring (bicyclic) bond motifs is 9. The quantitative estimate of drug-likeness (QED) is 0.165. The molecule has 0 N–H and O–H groups in total. The lowest BCUT2D eigenvalue weighted by Gasteiger charge is -2.43. The topological polar surface area (TPSA) is 39.1 Å². The first-order valence-electron chi connectivity index (χ1n) is 25.1. The van der Waals surface area contributed by atoms with E-state index in [9.17, 15) is 9.13 Å². The largest absolute Gasteiger partial charge is 0.329 e. The van der Waals surface area contributed by atoms with E-state index in [-0.39, 0.29) is 5.54 Å². The van der Waals surface area contributed by atoms with Crippen LogP contribution in [0.5, 0.6) is 0 Å². The first-order valence-corrected chi connectivity index (χ1v) is 29.4. The van der Waals surface area contributed by atoms with Gasteiger partial charge in [0.2, 0.25) is 0 Å². The highest BCUT2D eigenvalue weighted by Crippen LogP contribution is 2.57. The average molecular weight is 946 g/mol. The summed E-state index contributed by atoms with van der Waals surface area (Å²) in [6.45, 7) is 30.0. The number of nitrogens with zero attached hydrogens (tertiary/aromatic N) is 1. The van der Waals surface area contributed by atoms with E-state index in [1.807, 2.05) is 218 Å². The smallest absolute Gasteiger partial charge is 0.140 e. The fourth-order valence-electron chi connectivity index (χ4n) is 8.46. The Morgan fingerprint density at radius 2 is 0.632 bits per heavy atom. The fraction of sp³-hybridized carbons (Fsp3) is 0.270. The second-order valence-electron chi connectivity index (χ2n) is 14.6. The van der Waals surface area contributed by atoms with Gasteiger partial charge in [-0.15, -0.1) is 0 Å². The molecule has 68 heavy (non-hydrogen) atoms. The van der Waals surface area contributed by atoms with Gasteiger partial charge < -0.3 is 13.7 Å². The third kappa shape index (κ3) is 12.7. The van der Waals surface area contributed by atoms with Gasteiger partial charge in [-0.25, -0.2) is 0 Å². The highest BCUT2D eigenvalue weighted by molar-refractivity contribution is 7.78. The minimum absolute atomic E-state index is 0.269. The Kier molecular flexibility index (Phi) is 25.7. The monoisotopic (exact) mass is 946 g/mol. The van der Waals surface area contributed by atoms with Gasteiger partial charge in [0.25, 0.3) is 0 Å². The van der Waals surface area contributed by atoms with E-state index in [1.54, 1.807) is 0 Å². The van der Waals surface area contributed by atoms with E-state index in [4.69, 9.17) is 0 Å². The summed E-state index contributed by atoms with van der Waals surface area (Å²) < 4.78 is 27.7. The van der Waals surface area contributed by atoms with Crippen molar-refractivity contribution in [3.05, 3.63) is 240 Å². The van der Waals surface area contributed by atoms with Crippen LogP contribution in [0.1, 0.15) is 124 Å². The van der Waals surface area contributed by atoms with E-state index in [0.29, 0.717) is 5.92 Å². The molecular weight excluding hydrogens is 865 g/mol. The molecule has 1 spiro atoms. The molecule has 0 fully saturated rings. The Balaban J connectivity index is 0.000000330. The second kappa shape index (κ2) is 29.9. The number of hydrogen-bond acceptors (Lipinski definition) is 2. The number of rotatable bonds is 4. The summed E-state index contributed by atoms with van der Waals surface area (Å²) in [7, 11) is -4.79. The Labute approximate surface area is 413 Å². The zero-order chi connectivity index (χ0) is 50.8. The summed E-state index contributed by atoms with van der Waals surface area (Å²) in [6.07, 6.45) is 2.25. The van der Waals surface area contributed by atoms with Gasteiger partial charge in [-0.1, -0.05) is 284 Å². The van der Waals surface area contributed by atoms with Crippen LogP contribution in [-0.2, 0) is 14.7 Å². The number of benzene rings is 7. The first-order chi connectivity index (χ1) is 33.3. The molecule has 5 heteroatoms. The molecule has 0 radical (unpaired) electrons. The molecule has 0 saturated heterocycles. The van der Waals surface area contributed by atoms with Crippen LogP contribution in [0, 0.1) is 0 Å². The van der Waals surface area contributed by atoms with Gasteiger partial charge in [0.1, 0.15) is 19.8 Å². The van der Waals surface area contributed by atoms with E-state index in [1.165, 1.54) is 39.1 Å². The SMILES string of the molecule is CC.CC.CC.CC.CC.CC.CC1c2ccccc2C2(c3ccccc3-c3cccn32)c2ccccc21.CP(=O)(c1ccccc1)c1ccccc1.CP(=O)(c1ccccc1)c1ccccc1. The van der Waals surface area contributed by atoms with Crippen molar-refractivity contribution in [2.45, 2.75) is 101 Å². The summed E-state index contributed by atoms with van der Waals surface area (Å²) >= 11 is 0. The highest BCUT2D eigenvalue weighted by Gasteiger charge is 2.50. The highest BCUT2D eigenvalue weighted by atomic mass is 31.2. The fourth-order valence-corrected chi connectivity index (χ4v) is 12.0. The Morgan fingerprint density at radius 1 is 0.353 bits per heavy atom. The molecule has 8 aromatic rings. The maximum Gasteiger partial charge on any atom is 0.140 e. The van der Waals surface area contributed by atoms with Crippen LogP contribution < -0.4 is 21.2 Å². The van der Waals surface area contributed by atoms with Crippen molar-refractivity contribution in [1.82, 2.24) is 4.57 Å². The summed E-state index contributed by atoms with van der Waals surface area (Å²) in [5.74, 6) is 0.403. The van der Waals surface area contributed by atoms with Crippen LogP contribution in [-0.4, -0.2) is 17.9 Å². The molecule has 1 aromatic heterocycles. The summed E-state index contributed by atoms with van der Waals surface area (Å²) in [4.78, 5) is 0. The van der Waals surface area contributed by atoms with Crippen molar-refractivity contribution in [2.75, 3.05) is 13.3 Å². The molecule has 0 unspecified atom stereocenters. The van der Waals surface area contributed by atoms with Crippen molar-refractivity contribution >= 4 is 35.5 Å². The zero-order valence-corrected chi connectivity index (χ0v) is 45.7. The molecular formula is C63H81NO2P2. The van der Waals surface area contributed by atoms with Crippen molar-refractivity contribution in [1.29, 1.82) is 0 Å². The molecule has 0 saturated carbocycles. The van der Waals surface area contributed by atoms with E-state index in [2.05, 4.69) is 103 Å². The molecule has 1 aliphatic heterocycles. The third-order valence-electron chi connectivity index (χ3n) is 11.3. The van der Waals surface area contributed by atoms with Gasteiger partial charge in [0.15, 0.2) is 0 Å². The molecule has 2 heterocycles. The second-order valence-corrected chi connectivity index (χ2v) is 20.4. The number of hydrogen-bond donors (Lipinski definition) is 0. The van der Waals surface area contributed by atoms with Crippen molar-refractivity contribution in [3.63, 3.8) is 0 Å². The maximum absolute atomic E-state index is 12.6. The molecule has 2 aliphatic rings. The van der Waals surface area contributed by atoms with Crippen molar-refractivity contribution < 1.29 is 9.13 Å². The van der Waals surface area contributed by atoms with Gasteiger partial charge in [0, 0.05) is 44.6 Å².